The van der Waals surface area contributed by atoms with Gasteiger partial charge in [-0.25, -0.2) is 4.79 Å². The largest absolute Gasteiger partial charge is 0.420 e. The molecule has 0 amide bonds. The molecule has 0 aliphatic carbocycles. The summed E-state index contributed by atoms with van der Waals surface area (Å²) < 4.78 is 6.64. The van der Waals surface area contributed by atoms with Gasteiger partial charge in [0.25, 0.3) is 0 Å². The van der Waals surface area contributed by atoms with E-state index in [0.29, 0.717) is 22.9 Å². The topological polar surface area (TPSA) is 103 Å². The Bertz CT molecular complexity index is 851. The van der Waals surface area contributed by atoms with Gasteiger partial charge in [-0.05, 0) is 12.1 Å². The molecule has 1 aromatic carbocycles. The molecule has 0 saturated carbocycles. The highest BCUT2D eigenvalue weighted by Crippen LogP contribution is 2.13. The second-order valence-electron chi connectivity index (χ2n) is 4.73. The lowest BCUT2D eigenvalue weighted by atomic mass is 10.3. The fourth-order valence-corrected chi connectivity index (χ4v) is 2.00. The monoisotopic (exact) mass is 286 g/mol. The van der Waals surface area contributed by atoms with Crippen LogP contribution in [0.5, 0.6) is 0 Å². The van der Waals surface area contributed by atoms with Crippen molar-refractivity contribution in [3.8, 4) is 0 Å². The minimum atomic E-state index is -0.457. The fourth-order valence-electron chi connectivity index (χ4n) is 2.00. The average molecular weight is 286 g/mol. The van der Waals surface area contributed by atoms with Crippen LogP contribution in [0.1, 0.15) is 5.82 Å². The van der Waals surface area contributed by atoms with Gasteiger partial charge in [-0.1, -0.05) is 12.1 Å². The number of para-hydroxylation sites is 2. The number of nitrogens with two attached hydrogens (primary N) is 1. The molecule has 21 heavy (non-hydrogen) atoms. The van der Waals surface area contributed by atoms with Gasteiger partial charge in [0.2, 0.25) is 11.9 Å². The number of benzene rings is 1. The van der Waals surface area contributed by atoms with Crippen LogP contribution in [0, 0.1) is 0 Å². The van der Waals surface area contributed by atoms with Gasteiger partial charge in [0.1, 0.15) is 0 Å². The maximum Gasteiger partial charge on any atom is 0.420 e. The van der Waals surface area contributed by atoms with Gasteiger partial charge >= 0.3 is 5.76 Å². The second kappa shape index (κ2) is 4.89. The lowest BCUT2D eigenvalue weighted by Gasteiger charge is -2.11. The number of oxazole rings is 1. The summed E-state index contributed by atoms with van der Waals surface area (Å²) in [5, 5.41) is 0. The Balaban J connectivity index is 2.06. The molecule has 0 aliphatic heterocycles. The summed E-state index contributed by atoms with van der Waals surface area (Å²) in [5.41, 5.74) is 6.89. The molecule has 0 aliphatic rings. The van der Waals surface area contributed by atoms with E-state index in [-0.39, 0.29) is 12.5 Å². The molecule has 0 radical (unpaired) electrons. The van der Waals surface area contributed by atoms with Crippen molar-refractivity contribution in [2.45, 2.75) is 6.54 Å². The highest BCUT2D eigenvalue weighted by molar-refractivity contribution is 5.72. The third-order valence-electron chi connectivity index (χ3n) is 2.96. The van der Waals surface area contributed by atoms with E-state index in [2.05, 4.69) is 15.0 Å². The van der Waals surface area contributed by atoms with Crippen LogP contribution in [0.4, 0.5) is 11.9 Å². The first kappa shape index (κ1) is 13.1. The maximum absolute atomic E-state index is 11.9. The molecule has 2 aromatic heterocycles. The molecule has 0 spiro atoms. The lowest BCUT2D eigenvalue weighted by Crippen LogP contribution is -2.20. The molecule has 0 bridgehead atoms. The average Bonchev–Trinajstić information content (AvgIpc) is 2.75. The van der Waals surface area contributed by atoms with Crippen LogP contribution in [0.3, 0.4) is 0 Å². The van der Waals surface area contributed by atoms with E-state index in [1.54, 1.807) is 37.2 Å². The van der Waals surface area contributed by atoms with Gasteiger partial charge in [-0.3, -0.25) is 4.57 Å². The quantitative estimate of drug-likeness (QED) is 0.746. The van der Waals surface area contributed by atoms with E-state index in [9.17, 15) is 4.79 Å². The number of anilines is 2. The number of nitrogen functional groups attached to an aromatic ring is 1. The number of hydrogen-bond acceptors (Lipinski definition) is 7. The summed E-state index contributed by atoms with van der Waals surface area (Å²) in [5.74, 6) is 0.504. The molecular weight excluding hydrogens is 272 g/mol. The molecule has 0 atom stereocenters. The van der Waals surface area contributed by atoms with Crippen molar-refractivity contribution in [2.75, 3.05) is 24.7 Å². The molecule has 3 aromatic rings. The van der Waals surface area contributed by atoms with Crippen molar-refractivity contribution < 1.29 is 4.42 Å². The van der Waals surface area contributed by atoms with Crippen LogP contribution in [0.2, 0.25) is 0 Å². The van der Waals surface area contributed by atoms with E-state index >= 15 is 0 Å². The third-order valence-corrected chi connectivity index (χ3v) is 2.96. The fraction of sp³-hybridized carbons (Fsp3) is 0.231. The van der Waals surface area contributed by atoms with Crippen molar-refractivity contribution >= 4 is 23.0 Å². The standard InChI is InChI=1S/C13H14N6O2/c1-18(2)12-16-10(15-11(14)17-12)7-19-8-5-3-4-6-9(8)21-13(19)20/h3-6H,7H2,1-2H3,(H2,14,15,16,17). The van der Waals surface area contributed by atoms with Crippen molar-refractivity contribution in [1.29, 1.82) is 0 Å². The highest BCUT2D eigenvalue weighted by atomic mass is 16.4. The molecule has 3 rings (SSSR count). The normalized spacial score (nSPS) is 11.0. The van der Waals surface area contributed by atoms with Crippen molar-refractivity contribution in [1.82, 2.24) is 19.5 Å². The zero-order valence-electron chi connectivity index (χ0n) is 11.6. The minimum absolute atomic E-state index is 0.115. The van der Waals surface area contributed by atoms with Crippen molar-refractivity contribution in [2.24, 2.45) is 0 Å². The Morgan fingerprint density at radius 3 is 2.76 bits per heavy atom. The number of aromatic nitrogens is 4. The van der Waals surface area contributed by atoms with Crippen molar-refractivity contribution in [3.05, 3.63) is 40.6 Å². The lowest BCUT2D eigenvalue weighted by molar-refractivity contribution is 0.513. The van der Waals surface area contributed by atoms with Gasteiger partial charge < -0.3 is 15.1 Å². The Labute approximate surface area is 119 Å². The van der Waals surface area contributed by atoms with Crippen LogP contribution in [0.15, 0.2) is 33.5 Å². The summed E-state index contributed by atoms with van der Waals surface area (Å²) in [4.78, 5) is 26.0. The Hall–Kier alpha value is -2.90. The Morgan fingerprint density at radius 2 is 2.00 bits per heavy atom. The minimum Gasteiger partial charge on any atom is -0.408 e. The van der Waals surface area contributed by atoms with Crippen molar-refractivity contribution in [3.63, 3.8) is 0 Å². The first-order valence-corrected chi connectivity index (χ1v) is 6.31. The Kier molecular flexibility index (Phi) is 3.05. The number of nitrogens with zero attached hydrogens (tertiary/aromatic N) is 5. The zero-order chi connectivity index (χ0) is 15.0. The van der Waals surface area contributed by atoms with Gasteiger partial charge in [0.05, 0.1) is 12.1 Å². The molecular formula is C13H14N6O2. The first-order valence-electron chi connectivity index (χ1n) is 6.31. The molecule has 2 N–H and O–H groups in total. The summed E-state index contributed by atoms with van der Waals surface area (Å²) >= 11 is 0. The molecule has 8 nitrogen and oxygen atoms in total. The highest BCUT2D eigenvalue weighted by Gasteiger charge is 2.12. The maximum atomic E-state index is 11.9. The van der Waals surface area contributed by atoms with E-state index in [0.717, 1.165) is 0 Å². The molecule has 108 valence electrons. The number of fused-ring (bicyclic) bond motifs is 1. The summed E-state index contributed by atoms with van der Waals surface area (Å²) in [6.07, 6.45) is 0. The van der Waals surface area contributed by atoms with Gasteiger partial charge in [-0.15, -0.1) is 0 Å². The van der Waals surface area contributed by atoms with Crippen LogP contribution >= 0.6 is 0 Å². The number of rotatable bonds is 3. The van der Waals surface area contributed by atoms with Crippen LogP contribution in [-0.2, 0) is 6.54 Å². The van der Waals surface area contributed by atoms with Gasteiger partial charge in [0, 0.05) is 14.1 Å². The molecule has 0 fully saturated rings. The van der Waals surface area contributed by atoms with E-state index < -0.39 is 5.76 Å². The second-order valence-corrected chi connectivity index (χ2v) is 4.73. The van der Waals surface area contributed by atoms with Crippen LogP contribution in [0.25, 0.3) is 11.1 Å². The summed E-state index contributed by atoms with van der Waals surface area (Å²) in [6, 6.07) is 7.18. The summed E-state index contributed by atoms with van der Waals surface area (Å²) in [6.45, 7) is 0.170. The SMILES string of the molecule is CN(C)c1nc(N)nc(Cn2c(=O)oc3ccccc32)n1. The van der Waals surface area contributed by atoms with E-state index in [4.69, 9.17) is 10.2 Å². The summed E-state index contributed by atoms with van der Waals surface area (Å²) in [7, 11) is 3.61. The molecule has 0 unspecified atom stereocenters. The van der Waals surface area contributed by atoms with Gasteiger partial charge in [-0.2, -0.15) is 15.0 Å². The van der Waals surface area contributed by atoms with Crippen LogP contribution in [-0.4, -0.2) is 33.6 Å². The predicted molar refractivity (Wildman–Crippen MR) is 78.1 cm³/mol. The molecule has 8 heteroatoms. The van der Waals surface area contributed by atoms with Crippen LogP contribution < -0.4 is 16.4 Å². The first-order chi connectivity index (χ1) is 10.0. The zero-order valence-corrected chi connectivity index (χ0v) is 11.6. The smallest absolute Gasteiger partial charge is 0.408 e. The van der Waals surface area contributed by atoms with E-state index in [1.165, 1.54) is 4.57 Å². The van der Waals surface area contributed by atoms with Gasteiger partial charge in [0.15, 0.2) is 11.4 Å². The molecule has 2 heterocycles. The number of hydrogen-bond donors (Lipinski definition) is 1. The Morgan fingerprint density at radius 1 is 1.24 bits per heavy atom. The third kappa shape index (κ3) is 2.42. The van der Waals surface area contributed by atoms with E-state index in [1.807, 2.05) is 6.07 Å². The molecule has 0 saturated heterocycles. The predicted octanol–water partition coefficient (Wildman–Crippen LogP) is 0.476.